The predicted molar refractivity (Wildman–Crippen MR) is 103 cm³/mol. The number of carbonyl (C=O) groups is 1. The highest BCUT2D eigenvalue weighted by atomic mass is 79.9. The maximum atomic E-state index is 12.5. The molecule has 2 aromatic carbocycles. The zero-order chi connectivity index (χ0) is 17.5. The van der Waals surface area contributed by atoms with Crippen molar-refractivity contribution < 1.29 is 14.3 Å². The van der Waals surface area contributed by atoms with Gasteiger partial charge in [-0.05, 0) is 65.0 Å². The topological polar surface area (TPSA) is 47.6 Å². The number of methoxy groups -OCH3 is 1. The number of amides is 1. The van der Waals surface area contributed by atoms with E-state index in [1.54, 1.807) is 31.0 Å². The van der Waals surface area contributed by atoms with Crippen LogP contribution in [0.25, 0.3) is 0 Å². The van der Waals surface area contributed by atoms with E-state index >= 15 is 0 Å². The number of hydrogen-bond acceptors (Lipinski definition) is 4. The van der Waals surface area contributed by atoms with E-state index in [2.05, 4.69) is 21.2 Å². The van der Waals surface area contributed by atoms with Gasteiger partial charge >= 0.3 is 0 Å². The summed E-state index contributed by atoms with van der Waals surface area (Å²) in [5, 5.41) is 2.89. The highest BCUT2D eigenvalue weighted by molar-refractivity contribution is 9.10. The predicted octanol–water partition coefficient (Wildman–Crippen LogP) is 5.22. The first-order chi connectivity index (χ1) is 11.6. The van der Waals surface area contributed by atoms with Crippen LogP contribution in [-0.2, 0) is 0 Å². The molecule has 24 heavy (non-hydrogen) atoms. The number of carbonyl (C=O) groups excluding carboxylic acids is 1. The Kier molecular flexibility index (Phi) is 6.99. The monoisotopic (exact) mass is 409 g/mol. The summed E-state index contributed by atoms with van der Waals surface area (Å²) >= 11 is 5.11. The lowest BCUT2D eigenvalue weighted by Crippen LogP contribution is -2.12. The van der Waals surface area contributed by atoms with Gasteiger partial charge in [0.05, 0.1) is 18.2 Å². The molecule has 2 aromatic rings. The van der Waals surface area contributed by atoms with E-state index in [-0.39, 0.29) is 5.91 Å². The Bertz CT molecular complexity index is 704. The molecule has 2 rings (SSSR count). The van der Waals surface area contributed by atoms with Crippen molar-refractivity contribution in [3.63, 3.8) is 0 Å². The second-order valence-electron chi connectivity index (χ2n) is 5.02. The Hall–Kier alpha value is -1.66. The number of thioether (sulfide) groups is 1. The Balaban J connectivity index is 2.20. The molecule has 0 spiro atoms. The molecule has 0 saturated carbocycles. The molecule has 0 bridgehead atoms. The number of hydrogen-bond donors (Lipinski definition) is 1. The van der Waals surface area contributed by atoms with Gasteiger partial charge in [0.1, 0.15) is 0 Å². The summed E-state index contributed by atoms with van der Waals surface area (Å²) in [6.07, 6.45) is 2.91. The molecule has 0 aliphatic carbocycles. The van der Waals surface area contributed by atoms with Crippen molar-refractivity contribution in [2.45, 2.75) is 18.2 Å². The molecule has 0 saturated heterocycles. The van der Waals surface area contributed by atoms with Gasteiger partial charge in [-0.2, -0.15) is 0 Å². The highest BCUT2D eigenvalue weighted by Gasteiger charge is 2.15. The van der Waals surface area contributed by atoms with Crippen molar-refractivity contribution in [1.29, 1.82) is 0 Å². The first kappa shape index (κ1) is 18.7. The molecule has 0 atom stereocenters. The largest absolute Gasteiger partial charge is 0.493 e. The third-order valence-electron chi connectivity index (χ3n) is 3.29. The first-order valence-corrected chi connectivity index (χ1v) is 9.56. The number of rotatable bonds is 7. The van der Waals surface area contributed by atoms with Crippen LogP contribution in [-0.4, -0.2) is 25.9 Å². The summed E-state index contributed by atoms with van der Waals surface area (Å²) in [5.74, 6) is 0.939. The standard InChI is InChI=1S/C18H20BrNO3S/c1-4-9-23-17-15(19)10-12(11-16(17)22-2)18(21)20-13-5-7-14(24-3)8-6-13/h5-8,10-11H,4,9H2,1-3H3,(H,20,21). The molecule has 0 fully saturated rings. The average molecular weight is 410 g/mol. The number of benzene rings is 2. The number of halogens is 1. The zero-order valence-electron chi connectivity index (χ0n) is 13.9. The minimum atomic E-state index is -0.201. The van der Waals surface area contributed by atoms with Gasteiger partial charge < -0.3 is 14.8 Å². The molecule has 4 nitrogen and oxygen atoms in total. The van der Waals surface area contributed by atoms with E-state index in [0.717, 1.165) is 17.0 Å². The summed E-state index contributed by atoms with van der Waals surface area (Å²) in [6, 6.07) is 11.1. The lowest BCUT2D eigenvalue weighted by atomic mass is 10.1. The van der Waals surface area contributed by atoms with Gasteiger partial charge in [-0.1, -0.05) is 6.92 Å². The molecule has 1 amide bonds. The minimum Gasteiger partial charge on any atom is -0.493 e. The van der Waals surface area contributed by atoms with Gasteiger partial charge in [0.15, 0.2) is 11.5 Å². The van der Waals surface area contributed by atoms with E-state index in [1.807, 2.05) is 37.4 Å². The third kappa shape index (κ3) is 4.68. The second kappa shape index (κ2) is 8.99. The quantitative estimate of drug-likeness (QED) is 0.636. The van der Waals surface area contributed by atoms with Gasteiger partial charge in [-0.15, -0.1) is 11.8 Å². The molecule has 128 valence electrons. The van der Waals surface area contributed by atoms with Crippen LogP contribution < -0.4 is 14.8 Å². The van der Waals surface area contributed by atoms with Gasteiger partial charge in [-0.3, -0.25) is 4.79 Å². The fraction of sp³-hybridized carbons (Fsp3) is 0.278. The fourth-order valence-electron chi connectivity index (χ4n) is 2.07. The number of nitrogens with one attached hydrogen (secondary N) is 1. The van der Waals surface area contributed by atoms with Crippen LogP contribution in [0.5, 0.6) is 11.5 Å². The Morgan fingerprint density at radius 1 is 1.25 bits per heavy atom. The number of anilines is 1. The van der Waals surface area contributed by atoms with Crippen LogP contribution in [0.1, 0.15) is 23.7 Å². The van der Waals surface area contributed by atoms with Crippen molar-refractivity contribution in [2.75, 3.05) is 25.3 Å². The van der Waals surface area contributed by atoms with E-state index in [4.69, 9.17) is 9.47 Å². The van der Waals surface area contributed by atoms with Crippen LogP contribution in [0.15, 0.2) is 45.8 Å². The molecular weight excluding hydrogens is 390 g/mol. The van der Waals surface area contributed by atoms with Crippen LogP contribution in [0.4, 0.5) is 5.69 Å². The lowest BCUT2D eigenvalue weighted by molar-refractivity contribution is 0.102. The molecule has 0 aliphatic rings. The van der Waals surface area contributed by atoms with Crippen molar-refractivity contribution in [2.24, 2.45) is 0 Å². The van der Waals surface area contributed by atoms with E-state index in [0.29, 0.717) is 28.1 Å². The van der Waals surface area contributed by atoms with Gasteiger partial charge in [0.2, 0.25) is 0 Å². The SMILES string of the molecule is CCCOc1c(Br)cc(C(=O)Nc2ccc(SC)cc2)cc1OC. The lowest BCUT2D eigenvalue weighted by Gasteiger charge is -2.14. The average Bonchev–Trinajstić information content (AvgIpc) is 2.60. The third-order valence-corrected chi connectivity index (χ3v) is 4.62. The normalized spacial score (nSPS) is 10.3. The highest BCUT2D eigenvalue weighted by Crippen LogP contribution is 2.37. The second-order valence-corrected chi connectivity index (χ2v) is 6.75. The summed E-state index contributed by atoms with van der Waals surface area (Å²) < 4.78 is 11.7. The van der Waals surface area contributed by atoms with Crippen LogP contribution in [0.2, 0.25) is 0 Å². The minimum absolute atomic E-state index is 0.201. The van der Waals surface area contributed by atoms with Gasteiger partial charge in [-0.25, -0.2) is 0 Å². The van der Waals surface area contributed by atoms with E-state index in [9.17, 15) is 4.79 Å². The van der Waals surface area contributed by atoms with Crippen LogP contribution >= 0.6 is 27.7 Å². The smallest absolute Gasteiger partial charge is 0.255 e. The van der Waals surface area contributed by atoms with Crippen molar-refractivity contribution >= 4 is 39.3 Å². The van der Waals surface area contributed by atoms with E-state index < -0.39 is 0 Å². The Labute approximate surface area is 155 Å². The van der Waals surface area contributed by atoms with Crippen molar-refractivity contribution in [3.05, 3.63) is 46.4 Å². The van der Waals surface area contributed by atoms with Gasteiger partial charge in [0.25, 0.3) is 5.91 Å². The molecule has 0 heterocycles. The summed E-state index contributed by atoms with van der Waals surface area (Å²) in [6.45, 7) is 2.62. The molecule has 0 aromatic heterocycles. The maximum Gasteiger partial charge on any atom is 0.255 e. The molecular formula is C18H20BrNO3S. The molecule has 1 N–H and O–H groups in total. The summed E-state index contributed by atoms with van der Waals surface area (Å²) in [7, 11) is 1.56. The molecule has 0 aliphatic heterocycles. The van der Waals surface area contributed by atoms with Crippen molar-refractivity contribution in [3.8, 4) is 11.5 Å². The summed E-state index contributed by atoms with van der Waals surface area (Å²) in [5.41, 5.74) is 1.25. The molecule has 0 radical (unpaired) electrons. The molecule has 0 unspecified atom stereocenters. The Morgan fingerprint density at radius 2 is 1.96 bits per heavy atom. The number of ether oxygens (including phenoxy) is 2. The van der Waals surface area contributed by atoms with Crippen LogP contribution in [0, 0.1) is 0 Å². The fourth-order valence-corrected chi connectivity index (χ4v) is 3.04. The summed E-state index contributed by atoms with van der Waals surface area (Å²) in [4.78, 5) is 13.6. The van der Waals surface area contributed by atoms with E-state index in [1.165, 1.54) is 0 Å². The Morgan fingerprint density at radius 3 is 2.54 bits per heavy atom. The van der Waals surface area contributed by atoms with Crippen LogP contribution in [0.3, 0.4) is 0 Å². The van der Waals surface area contributed by atoms with Crippen molar-refractivity contribution in [1.82, 2.24) is 0 Å². The zero-order valence-corrected chi connectivity index (χ0v) is 16.3. The molecule has 6 heteroatoms. The first-order valence-electron chi connectivity index (χ1n) is 7.54. The van der Waals surface area contributed by atoms with Gasteiger partial charge in [0, 0.05) is 16.1 Å². The maximum absolute atomic E-state index is 12.5.